The van der Waals surface area contributed by atoms with Gasteiger partial charge in [0.1, 0.15) is 23.9 Å². The van der Waals surface area contributed by atoms with Crippen LogP contribution in [0.2, 0.25) is 0 Å². The molecule has 0 aliphatic carbocycles. The smallest absolute Gasteiger partial charge is 0.320 e. The van der Waals surface area contributed by atoms with Gasteiger partial charge >= 0.3 is 17.9 Å². The van der Waals surface area contributed by atoms with Gasteiger partial charge in [-0.05, 0) is 42.9 Å². The molecule has 0 spiro atoms. The Bertz CT molecular complexity index is 752. The quantitative estimate of drug-likeness (QED) is 0.111. The molecule has 1 aromatic rings. The second-order valence-electron chi connectivity index (χ2n) is 7.32. The summed E-state index contributed by atoms with van der Waals surface area (Å²) in [5.74, 6) is -2.76. The van der Waals surface area contributed by atoms with Crippen LogP contribution in [0.3, 0.4) is 0 Å². The minimum atomic E-state index is -1.02. The largest absolute Gasteiger partial charge is 0.508 e. The molecular weight excluding hydrogens is 436 g/mol. The van der Waals surface area contributed by atoms with Gasteiger partial charge in [-0.1, -0.05) is 26.0 Å². The number of phenolic OH excluding ortho intramolecular Hbond substituents is 1. The van der Waals surface area contributed by atoms with Crippen molar-refractivity contribution in [3.8, 4) is 5.75 Å². The van der Waals surface area contributed by atoms with Crippen molar-refractivity contribution in [2.24, 2.45) is 39.6 Å². The summed E-state index contributed by atoms with van der Waals surface area (Å²) in [5, 5.41) is 34.1. The van der Waals surface area contributed by atoms with Gasteiger partial charge < -0.3 is 49.1 Å². The van der Waals surface area contributed by atoms with E-state index in [1.165, 1.54) is 12.1 Å². The fraction of sp³-hybridized carbons (Fsp3) is 0.500. The van der Waals surface area contributed by atoms with Gasteiger partial charge in [0.25, 0.3) is 0 Å². The maximum Gasteiger partial charge on any atom is 0.320 e. The van der Waals surface area contributed by atoms with Gasteiger partial charge in [0, 0.05) is 6.54 Å². The van der Waals surface area contributed by atoms with E-state index in [0.717, 1.165) is 5.56 Å². The highest BCUT2D eigenvalue weighted by molar-refractivity contribution is 5.75. The highest BCUT2D eigenvalue weighted by Crippen LogP contribution is 2.10. The van der Waals surface area contributed by atoms with Crippen LogP contribution >= 0.6 is 0 Å². The van der Waals surface area contributed by atoms with Crippen molar-refractivity contribution in [3.63, 3.8) is 0 Å². The maximum absolute atomic E-state index is 10.4. The number of rotatable bonds is 10. The van der Waals surface area contributed by atoms with Crippen LogP contribution in [-0.4, -0.2) is 69.0 Å². The van der Waals surface area contributed by atoms with Crippen LogP contribution in [-0.2, 0) is 20.8 Å². The van der Waals surface area contributed by atoms with Gasteiger partial charge in [0.05, 0.1) is 0 Å². The van der Waals surface area contributed by atoms with E-state index in [4.69, 9.17) is 49.1 Å². The van der Waals surface area contributed by atoms with Gasteiger partial charge in [0.2, 0.25) is 0 Å². The van der Waals surface area contributed by atoms with Crippen LogP contribution in [0, 0.1) is 5.92 Å². The number of nitrogens with two attached hydrogens (primary N) is 5. The summed E-state index contributed by atoms with van der Waals surface area (Å²) >= 11 is 0. The molecule has 0 fully saturated rings. The molecule has 0 amide bonds. The first-order valence-corrected chi connectivity index (χ1v) is 9.97. The third-order valence-electron chi connectivity index (χ3n) is 4.00. The second-order valence-corrected chi connectivity index (χ2v) is 7.32. The molecule has 0 aliphatic rings. The number of benzene rings is 1. The molecule has 0 saturated carbocycles. The van der Waals surface area contributed by atoms with E-state index in [1.807, 2.05) is 0 Å². The summed E-state index contributed by atoms with van der Waals surface area (Å²) in [6.45, 7) is 3.97. The molecule has 3 atom stereocenters. The zero-order chi connectivity index (χ0) is 26.1. The summed E-state index contributed by atoms with van der Waals surface area (Å²) in [4.78, 5) is 34.3. The Kier molecular flexibility index (Phi) is 16.5. The molecule has 14 N–H and O–H groups in total. The predicted molar refractivity (Wildman–Crippen MR) is 123 cm³/mol. The lowest BCUT2D eigenvalue weighted by molar-refractivity contribution is -0.140. The molecule has 33 heavy (non-hydrogen) atoms. The Labute approximate surface area is 192 Å². The highest BCUT2D eigenvalue weighted by atomic mass is 16.4. The van der Waals surface area contributed by atoms with E-state index in [2.05, 4.69) is 4.99 Å². The Hall–Kier alpha value is -3.42. The lowest BCUT2D eigenvalue weighted by Crippen LogP contribution is -2.34. The fourth-order valence-electron chi connectivity index (χ4n) is 1.90. The van der Waals surface area contributed by atoms with Crippen molar-refractivity contribution >= 4 is 23.9 Å². The first-order valence-electron chi connectivity index (χ1n) is 9.97. The first-order chi connectivity index (χ1) is 15.2. The van der Waals surface area contributed by atoms with Crippen molar-refractivity contribution < 1.29 is 34.8 Å². The van der Waals surface area contributed by atoms with E-state index >= 15 is 0 Å². The molecule has 1 rings (SSSR count). The van der Waals surface area contributed by atoms with E-state index < -0.39 is 36.0 Å². The molecule has 0 radical (unpaired) electrons. The van der Waals surface area contributed by atoms with E-state index in [0.29, 0.717) is 19.4 Å². The van der Waals surface area contributed by atoms with E-state index in [9.17, 15) is 14.4 Å². The van der Waals surface area contributed by atoms with E-state index in [-0.39, 0.29) is 24.0 Å². The van der Waals surface area contributed by atoms with Crippen molar-refractivity contribution in [2.75, 3.05) is 6.54 Å². The molecule has 3 unspecified atom stereocenters. The van der Waals surface area contributed by atoms with Crippen LogP contribution in [0.4, 0.5) is 0 Å². The Morgan fingerprint density at radius 1 is 0.879 bits per heavy atom. The molecule has 0 aromatic heterocycles. The number of guanidine groups is 1. The van der Waals surface area contributed by atoms with Gasteiger partial charge in [0.15, 0.2) is 5.96 Å². The summed E-state index contributed by atoms with van der Waals surface area (Å²) in [6.07, 6.45) is 1.23. The Balaban J connectivity index is 0. The first kappa shape index (κ1) is 31.8. The van der Waals surface area contributed by atoms with E-state index in [1.54, 1.807) is 26.0 Å². The summed E-state index contributed by atoms with van der Waals surface area (Å²) in [7, 11) is 0. The number of hydrogen-bond acceptors (Lipinski definition) is 8. The molecule has 0 saturated heterocycles. The molecule has 188 valence electrons. The lowest BCUT2D eigenvalue weighted by atomic mass is 10.1. The number of aliphatic carboxylic acids is 3. The molecule has 0 heterocycles. The molecule has 13 nitrogen and oxygen atoms in total. The fourth-order valence-corrected chi connectivity index (χ4v) is 1.90. The monoisotopic (exact) mass is 472 g/mol. The highest BCUT2D eigenvalue weighted by Gasteiger charge is 2.14. The van der Waals surface area contributed by atoms with Crippen LogP contribution in [0.5, 0.6) is 5.75 Å². The molecular formula is C20H36N6O7. The summed E-state index contributed by atoms with van der Waals surface area (Å²) in [5.41, 5.74) is 26.6. The number of aliphatic imine (C=N–C) groups is 1. The molecule has 1 aromatic carbocycles. The number of aromatic hydroxyl groups is 1. The SMILES string of the molecule is CC(C)C(N)C(=O)O.NC(Cc1ccc(O)cc1)C(=O)O.NC(N)=NCCCC(N)C(=O)O. The van der Waals surface area contributed by atoms with Crippen molar-refractivity contribution in [1.82, 2.24) is 0 Å². The number of hydrogen-bond donors (Lipinski definition) is 9. The topological polar surface area (TPSA) is 275 Å². The standard InChI is InChI=1S/C9H11NO3.C6H14N4O2.C5H11NO2/c10-8(9(12)13)5-6-1-3-7(11)4-2-6;7-4(5(11)12)2-1-3-10-6(8)9;1-3(2)4(6)5(7)8/h1-4,8,11H,5,10H2,(H,12,13);4H,1-3,7H2,(H,11,12)(H4,8,9,10);3-4H,6H2,1-2H3,(H,7,8). The third kappa shape index (κ3) is 17.9. The molecule has 0 bridgehead atoms. The number of carboxylic acids is 3. The number of nitrogens with zero attached hydrogens (tertiary/aromatic N) is 1. The maximum atomic E-state index is 10.4. The van der Waals surface area contributed by atoms with Crippen molar-refractivity contribution in [2.45, 2.75) is 51.2 Å². The molecule has 13 heteroatoms. The van der Waals surface area contributed by atoms with Gasteiger partial charge in [-0.15, -0.1) is 0 Å². The average Bonchev–Trinajstić information content (AvgIpc) is 2.72. The van der Waals surface area contributed by atoms with Crippen LogP contribution < -0.4 is 28.7 Å². The second kappa shape index (κ2) is 17.2. The number of carboxylic acid groups (broad SMARTS) is 3. The number of carbonyl (C=O) groups is 3. The third-order valence-corrected chi connectivity index (χ3v) is 4.00. The van der Waals surface area contributed by atoms with Crippen LogP contribution in [0.15, 0.2) is 29.3 Å². The summed E-state index contributed by atoms with van der Waals surface area (Å²) in [6, 6.07) is 3.89. The van der Waals surface area contributed by atoms with Gasteiger partial charge in [-0.3, -0.25) is 19.4 Å². The van der Waals surface area contributed by atoms with Gasteiger partial charge in [-0.2, -0.15) is 0 Å². The minimum Gasteiger partial charge on any atom is -0.508 e. The minimum absolute atomic E-state index is 0.0129. The van der Waals surface area contributed by atoms with Crippen molar-refractivity contribution in [1.29, 1.82) is 0 Å². The zero-order valence-electron chi connectivity index (χ0n) is 18.8. The number of phenols is 1. The normalized spacial score (nSPS) is 12.7. The van der Waals surface area contributed by atoms with Crippen molar-refractivity contribution in [3.05, 3.63) is 29.8 Å². The Morgan fingerprint density at radius 3 is 1.70 bits per heavy atom. The predicted octanol–water partition coefficient (Wildman–Crippen LogP) is -1.15. The lowest BCUT2D eigenvalue weighted by Gasteiger charge is -2.07. The zero-order valence-corrected chi connectivity index (χ0v) is 18.8. The molecule has 0 aliphatic heterocycles. The average molecular weight is 473 g/mol. The van der Waals surface area contributed by atoms with Crippen LogP contribution in [0.1, 0.15) is 32.3 Å². The summed E-state index contributed by atoms with van der Waals surface area (Å²) < 4.78 is 0. The van der Waals surface area contributed by atoms with Gasteiger partial charge in [-0.25, -0.2) is 0 Å². The van der Waals surface area contributed by atoms with Crippen LogP contribution in [0.25, 0.3) is 0 Å². The Morgan fingerprint density at radius 2 is 1.36 bits per heavy atom.